The zero-order chi connectivity index (χ0) is 22.5. The molecule has 0 aliphatic carbocycles. The molecule has 0 spiro atoms. The van der Waals surface area contributed by atoms with Crippen molar-refractivity contribution in [2.45, 2.75) is 37.4 Å². The lowest BCUT2D eigenvalue weighted by atomic mass is 9.99. The largest absolute Gasteiger partial charge is 0.381 e. The van der Waals surface area contributed by atoms with Crippen molar-refractivity contribution in [3.8, 4) is 0 Å². The highest BCUT2D eigenvalue weighted by molar-refractivity contribution is 5.96. The maximum Gasteiger partial charge on any atom is 0.233 e. The molecule has 1 amide bonds. The number of carbonyl (C=O) groups is 1. The Hall–Kier alpha value is -1.89. The number of ether oxygens (including phenoxy) is 1. The molecule has 1 atom stereocenters. The van der Waals surface area contributed by atoms with Crippen molar-refractivity contribution < 1.29 is 13.9 Å². The van der Waals surface area contributed by atoms with Gasteiger partial charge in [-0.2, -0.15) is 0 Å². The molecule has 32 heavy (non-hydrogen) atoms. The van der Waals surface area contributed by atoms with E-state index < -0.39 is 24.4 Å². The SMILES string of the molecule is NC(N)C(C(=O)Nc1cnccc1N1CCN(C2CCOCC2)CC1)C1NCC(F)CN1. The monoisotopic (exact) mass is 450 g/mol. The summed E-state index contributed by atoms with van der Waals surface area (Å²) >= 11 is 0. The van der Waals surface area contributed by atoms with E-state index in [4.69, 9.17) is 16.2 Å². The fourth-order valence-electron chi connectivity index (χ4n) is 4.81. The molecular weight excluding hydrogens is 415 g/mol. The molecule has 3 saturated heterocycles. The van der Waals surface area contributed by atoms with Gasteiger partial charge in [0, 0.05) is 64.7 Å². The van der Waals surface area contributed by atoms with Crippen LogP contribution in [0.2, 0.25) is 0 Å². The smallest absolute Gasteiger partial charge is 0.233 e. The van der Waals surface area contributed by atoms with E-state index in [1.165, 1.54) is 0 Å². The van der Waals surface area contributed by atoms with Crippen LogP contribution in [-0.4, -0.2) is 92.8 Å². The molecule has 178 valence electrons. The van der Waals surface area contributed by atoms with Crippen molar-refractivity contribution in [1.29, 1.82) is 0 Å². The Morgan fingerprint density at radius 1 is 1.19 bits per heavy atom. The van der Waals surface area contributed by atoms with Gasteiger partial charge in [-0.25, -0.2) is 4.39 Å². The Morgan fingerprint density at radius 2 is 1.88 bits per heavy atom. The summed E-state index contributed by atoms with van der Waals surface area (Å²) in [5.74, 6) is -1.08. The number of hydrogen-bond donors (Lipinski definition) is 5. The highest BCUT2D eigenvalue weighted by Crippen LogP contribution is 2.27. The van der Waals surface area contributed by atoms with Crippen LogP contribution in [0.4, 0.5) is 15.8 Å². The number of nitrogens with two attached hydrogens (primary N) is 2. The maximum absolute atomic E-state index is 13.5. The van der Waals surface area contributed by atoms with Crippen LogP contribution in [0.1, 0.15) is 12.8 Å². The average molecular weight is 451 g/mol. The molecule has 3 aliphatic heterocycles. The number of pyridine rings is 1. The van der Waals surface area contributed by atoms with Gasteiger partial charge in [-0.1, -0.05) is 0 Å². The highest BCUT2D eigenvalue weighted by atomic mass is 19.1. The van der Waals surface area contributed by atoms with Crippen molar-refractivity contribution in [2.75, 3.05) is 62.7 Å². The van der Waals surface area contributed by atoms with Gasteiger partial charge in [0.15, 0.2) is 0 Å². The average Bonchev–Trinajstić information content (AvgIpc) is 2.81. The fraction of sp³-hybridized carbons (Fsp3) is 0.714. The Bertz CT molecular complexity index is 747. The van der Waals surface area contributed by atoms with Gasteiger partial charge in [0.1, 0.15) is 6.17 Å². The fourth-order valence-corrected chi connectivity index (χ4v) is 4.81. The lowest BCUT2D eigenvalue weighted by Crippen LogP contribution is -2.64. The predicted octanol–water partition coefficient (Wildman–Crippen LogP) is -0.962. The Morgan fingerprint density at radius 3 is 2.53 bits per heavy atom. The van der Waals surface area contributed by atoms with Crippen LogP contribution in [0.15, 0.2) is 18.5 Å². The summed E-state index contributed by atoms with van der Waals surface area (Å²) in [4.78, 5) is 22.1. The number of carbonyl (C=O) groups excluding carboxylic acids is 1. The van der Waals surface area contributed by atoms with Crippen molar-refractivity contribution in [1.82, 2.24) is 20.5 Å². The molecule has 4 rings (SSSR count). The van der Waals surface area contributed by atoms with Crippen LogP contribution in [0, 0.1) is 5.92 Å². The Labute approximate surface area is 188 Å². The van der Waals surface area contributed by atoms with E-state index in [1.807, 2.05) is 6.07 Å². The summed E-state index contributed by atoms with van der Waals surface area (Å²) in [7, 11) is 0. The van der Waals surface area contributed by atoms with E-state index in [2.05, 4.69) is 30.7 Å². The minimum Gasteiger partial charge on any atom is -0.381 e. The number of halogens is 1. The van der Waals surface area contributed by atoms with Crippen molar-refractivity contribution in [3.05, 3.63) is 18.5 Å². The highest BCUT2D eigenvalue weighted by Gasteiger charge is 2.35. The molecule has 1 unspecified atom stereocenters. The second-order valence-corrected chi connectivity index (χ2v) is 8.74. The molecule has 0 saturated carbocycles. The molecule has 1 aromatic heterocycles. The summed E-state index contributed by atoms with van der Waals surface area (Å²) in [6, 6.07) is 2.51. The molecule has 0 bridgehead atoms. The van der Waals surface area contributed by atoms with Gasteiger partial charge < -0.3 is 26.4 Å². The first kappa shape index (κ1) is 23.3. The van der Waals surface area contributed by atoms with Crippen molar-refractivity contribution >= 4 is 17.3 Å². The number of piperazine rings is 1. The lowest BCUT2D eigenvalue weighted by molar-refractivity contribution is -0.122. The van der Waals surface area contributed by atoms with Gasteiger partial charge in [-0.3, -0.25) is 25.3 Å². The zero-order valence-corrected chi connectivity index (χ0v) is 18.4. The minimum atomic E-state index is -1.01. The van der Waals surface area contributed by atoms with Gasteiger partial charge in [0.05, 0.1) is 35.8 Å². The van der Waals surface area contributed by atoms with Crippen LogP contribution < -0.4 is 32.3 Å². The summed E-state index contributed by atoms with van der Waals surface area (Å²) < 4.78 is 19.0. The second-order valence-electron chi connectivity index (χ2n) is 8.74. The van der Waals surface area contributed by atoms with E-state index in [-0.39, 0.29) is 19.0 Å². The van der Waals surface area contributed by atoms with Gasteiger partial charge in [0.2, 0.25) is 5.91 Å². The number of alkyl halides is 1. The number of aromatic nitrogens is 1. The molecular formula is C21H35FN8O2. The topological polar surface area (TPSA) is 134 Å². The van der Waals surface area contributed by atoms with Crippen LogP contribution in [0.5, 0.6) is 0 Å². The minimum absolute atomic E-state index is 0.156. The van der Waals surface area contributed by atoms with E-state index in [0.717, 1.165) is 57.9 Å². The van der Waals surface area contributed by atoms with Crippen LogP contribution in [0.3, 0.4) is 0 Å². The molecule has 10 nitrogen and oxygen atoms in total. The lowest BCUT2D eigenvalue weighted by Gasteiger charge is -2.42. The predicted molar refractivity (Wildman–Crippen MR) is 121 cm³/mol. The molecule has 7 N–H and O–H groups in total. The maximum atomic E-state index is 13.5. The molecule has 11 heteroatoms. The molecule has 0 aromatic carbocycles. The van der Waals surface area contributed by atoms with E-state index in [0.29, 0.717) is 11.7 Å². The number of nitrogens with one attached hydrogen (secondary N) is 3. The van der Waals surface area contributed by atoms with Gasteiger partial charge in [-0.15, -0.1) is 0 Å². The van der Waals surface area contributed by atoms with Gasteiger partial charge >= 0.3 is 0 Å². The summed E-state index contributed by atoms with van der Waals surface area (Å²) in [6.07, 6.45) is 3.15. The van der Waals surface area contributed by atoms with Gasteiger partial charge in [0.25, 0.3) is 0 Å². The quantitative estimate of drug-likeness (QED) is 0.347. The molecule has 1 aromatic rings. The van der Waals surface area contributed by atoms with E-state index in [9.17, 15) is 9.18 Å². The van der Waals surface area contributed by atoms with Gasteiger partial charge in [-0.05, 0) is 18.9 Å². The number of nitrogens with zero attached hydrogens (tertiary/aromatic N) is 3. The molecule has 3 aliphatic rings. The number of hydrogen-bond acceptors (Lipinski definition) is 9. The third-order valence-electron chi connectivity index (χ3n) is 6.61. The van der Waals surface area contributed by atoms with E-state index in [1.54, 1.807) is 12.4 Å². The van der Waals surface area contributed by atoms with Crippen molar-refractivity contribution in [2.24, 2.45) is 17.4 Å². The van der Waals surface area contributed by atoms with Crippen LogP contribution in [-0.2, 0) is 9.53 Å². The summed E-state index contributed by atoms with van der Waals surface area (Å²) in [6.45, 7) is 5.67. The van der Waals surface area contributed by atoms with Crippen LogP contribution >= 0.6 is 0 Å². The Kier molecular flexibility index (Phi) is 7.87. The third kappa shape index (κ3) is 5.53. The second kappa shape index (κ2) is 10.8. The van der Waals surface area contributed by atoms with Crippen molar-refractivity contribution in [3.63, 3.8) is 0 Å². The molecule has 3 fully saturated rings. The molecule has 4 heterocycles. The zero-order valence-electron chi connectivity index (χ0n) is 18.4. The number of anilines is 2. The first-order valence-electron chi connectivity index (χ1n) is 11.5. The van der Waals surface area contributed by atoms with Crippen LogP contribution in [0.25, 0.3) is 0 Å². The first-order chi connectivity index (χ1) is 15.5. The number of rotatable bonds is 6. The first-order valence-corrected chi connectivity index (χ1v) is 11.5. The number of amides is 1. The summed E-state index contributed by atoms with van der Waals surface area (Å²) in [5.41, 5.74) is 13.4. The Balaban J connectivity index is 1.40. The molecule has 0 radical (unpaired) electrons. The third-order valence-corrected chi connectivity index (χ3v) is 6.61. The summed E-state index contributed by atoms with van der Waals surface area (Å²) in [5, 5.41) is 8.93. The normalized spacial score (nSPS) is 26.8. The van der Waals surface area contributed by atoms with E-state index >= 15 is 0 Å². The standard InChI is InChI=1S/C21H35FN8O2/c22-14-11-26-20(27-12-14)18(19(23)24)21(31)28-16-13-25-4-1-17(16)30-7-5-29(6-8-30)15-2-9-32-10-3-15/h1,4,13-15,18-20,26-27H,2-3,5-12,23-24H2,(H,28,31).